The van der Waals surface area contributed by atoms with E-state index in [1.165, 1.54) is 0 Å². The van der Waals surface area contributed by atoms with Crippen LogP contribution in [0.5, 0.6) is 11.5 Å². The van der Waals surface area contributed by atoms with Crippen molar-refractivity contribution in [3.63, 3.8) is 0 Å². The van der Waals surface area contributed by atoms with Gasteiger partial charge in [0.15, 0.2) is 0 Å². The predicted molar refractivity (Wildman–Crippen MR) is 85.4 cm³/mol. The van der Waals surface area contributed by atoms with Gasteiger partial charge in [-0.25, -0.2) is 0 Å². The Hall–Kier alpha value is -1.30. The van der Waals surface area contributed by atoms with Crippen molar-refractivity contribution < 1.29 is 19.7 Å². The number of aliphatic hydroxyl groups is 2. The molecule has 5 nitrogen and oxygen atoms in total. The first kappa shape index (κ1) is 17.1. The lowest BCUT2D eigenvalue weighted by Crippen LogP contribution is -2.57. The molecular formula is C17H27NO4. The lowest BCUT2D eigenvalue weighted by Gasteiger charge is -2.47. The fourth-order valence-electron chi connectivity index (χ4n) is 3.12. The van der Waals surface area contributed by atoms with Gasteiger partial charge in [-0.3, -0.25) is 4.90 Å². The number of aliphatic hydroxyl groups excluding tert-OH is 2. The number of fused-ring (bicyclic) bond motifs is 1. The first-order chi connectivity index (χ1) is 10.4. The predicted octanol–water partition coefficient (Wildman–Crippen LogP) is 1.97. The van der Waals surface area contributed by atoms with Crippen molar-refractivity contribution in [2.75, 3.05) is 26.8 Å². The molecule has 0 spiro atoms. The van der Waals surface area contributed by atoms with Gasteiger partial charge in [-0.2, -0.15) is 0 Å². The fraction of sp³-hybridized carbons (Fsp3) is 0.647. The smallest absolute Gasteiger partial charge is 0.126 e. The van der Waals surface area contributed by atoms with Crippen LogP contribution in [0.4, 0.5) is 0 Å². The molecule has 1 aromatic carbocycles. The molecule has 1 heterocycles. The number of hydrogen-bond donors (Lipinski definition) is 2. The van der Waals surface area contributed by atoms with Gasteiger partial charge in [0.05, 0.1) is 19.3 Å². The van der Waals surface area contributed by atoms with E-state index in [4.69, 9.17) is 9.47 Å². The Morgan fingerprint density at radius 3 is 2.73 bits per heavy atom. The Kier molecular flexibility index (Phi) is 5.32. The summed E-state index contributed by atoms with van der Waals surface area (Å²) >= 11 is 0. The SMILES string of the molecule is CCCOc1ccc2c(c1)C(O)C(N(C)CCO)C(C)(C)O2. The van der Waals surface area contributed by atoms with E-state index in [-0.39, 0.29) is 12.6 Å². The zero-order valence-corrected chi connectivity index (χ0v) is 13.9. The van der Waals surface area contributed by atoms with Crippen molar-refractivity contribution >= 4 is 0 Å². The molecule has 2 N–H and O–H groups in total. The van der Waals surface area contributed by atoms with Crippen LogP contribution < -0.4 is 9.47 Å². The van der Waals surface area contributed by atoms with Crippen LogP contribution in [-0.4, -0.2) is 53.6 Å². The molecule has 1 aliphatic heterocycles. The van der Waals surface area contributed by atoms with E-state index in [0.29, 0.717) is 18.9 Å². The molecule has 0 aromatic heterocycles. The van der Waals surface area contributed by atoms with Crippen LogP contribution in [0.1, 0.15) is 38.9 Å². The molecule has 0 saturated heterocycles. The Balaban J connectivity index is 2.32. The maximum Gasteiger partial charge on any atom is 0.126 e. The van der Waals surface area contributed by atoms with E-state index in [1.807, 2.05) is 44.0 Å². The maximum atomic E-state index is 10.8. The summed E-state index contributed by atoms with van der Waals surface area (Å²) in [6.45, 7) is 7.14. The van der Waals surface area contributed by atoms with E-state index in [0.717, 1.165) is 17.7 Å². The molecular weight excluding hydrogens is 282 g/mol. The first-order valence-electron chi connectivity index (χ1n) is 7.85. The average Bonchev–Trinajstić information content (AvgIpc) is 2.45. The normalized spacial score (nSPS) is 23.0. The molecule has 1 aromatic rings. The van der Waals surface area contributed by atoms with Crippen molar-refractivity contribution in [2.24, 2.45) is 0 Å². The minimum Gasteiger partial charge on any atom is -0.494 e. The Morgan fingerprint density at radius 2 is 2.09 bits per heavy atom. The van der Waals surface area contributed by atoms with E-state index in [9.17, 15) is 10.2 Å². The van der Waals surface area contributed by atoms with Crippen molar-refractivity contribution in [3.8, 4) is 11.5 Å². The number of ether oxygens (including phenoxy) is 2. The van der Waals surface area contributed by atoms with E-state index in [2.05, 4.69) is 6.92 Å². The molecule has 1 aliphatic rings. The summed E-state index contributed by atoms with van der Waals surface area (Å²) in [5.74, 6) is 1.43. The van der Waals surface area contributed by atoms with Gasteiger partial charge < -0.3 is 19.7 Å². The van der Waals surface area contributed by atoms with Crippen LogP contribution in [0, 0.1) is 0 Å². The van der Waals surface area contributed by atoms with Gasteiger partial charge in [0.2, 0.25) is 0 Å². The summed E-state index contributed by atoms with van der Waals surface area (Å²) in [6, 6.07) is 5.33. The summed E-state index contributed by atoms with van der Waals surface area (Å²) in [7, 11) is 1.89. The van der Waals surface area contributed by atoms with Crippen LogP contribution in [0.3, 0.4) is 0 Å². The van der Waals surface area contributed by atoms with Gasteiger partial charge in [-0.15, -0.1) is 0 Å². The van der Waals surface area contributed by atoms with Crippen LogP contribution in [0.15, 0.2) is 18.2 Å². The zero-order chi connectivity index (χ0) is 16.3. The Labute approximate surface area is 132 Å². The molecule has 0 fully saturated rings. The highest BCUT2D eigenvalue weighted by molar-refractivity contribution is 5.44. The quantitative estimate of drug-likeness (QED) is 0.841. The number of rotatable bonds is 6. The summed E-state index contributed by atoms with van der Waals surface area (Å²) < 4.78 is 11.7. The summed E-state index contributed by atoms with van der Waals surface area (Å²) in [6.07, 6.45) is 0.242. The maximum absolute atomic E-state index is 10.8. The minimum atomic E-state index is -0.694. The summed E-state index contributed by atoms with van der Waals surface area (Å²) in [5.41, 5.74) is 0.185. The number of benzene rings is 1. The second-order valence-corrected chi connectivity index (χ2v) is 6.35. The van der Waals surface area contributed by atoms with Gasteiger partial charge in [0.25, 0.3) is 0 Å². The summed E-state index contributed by atoms with van der Waals surface area (Å²) in [4.78, 5) is 1.94. The minimum absolute atomic E-state index is 0.0440. The first-order valence-corrected chi connectivity index (χ1v) is 7.85. The third-order valence-corrected chi connectivity index (χ3v) is 4.08. The molecule has 124 valence electrons. The van der Waals surface area contributed by atoms with Crippen molar-refractivity contribution in [1.82, 2.24) is 4.90 Å². The van der Waals surface area contributed by atoms with Gasteiger partial charge >= 0.3 is 0 Å². The molecule has 2 rings (SSSR count). The molecule has 0 aliphatic carbocycles. The molecule has 0 saturated carbocycles. The molecule has 2 unspecified atom stereocenters. The van der Waals surface area contributed by atoms with Gasteiger partial charge in [-0.1, -0.05) is 6.92 Å². The van der Waals surface area contributed by atoms with Gasteiger partial charge in [0, 0.05) is 12.1 Å². The third kappa shape index (κ3) is 3.37. The molecule has 0 bridgehead atoms. The number of hydrogen-bond acceptors (Lipinski definition) is 5. The molecule has 2 atom stereocenters. The van der Waals surface area contributed by atoms with Crippen LogP contribution in [0.25, 0.3) is 0 Å². The van der Waals surface area contributed by atoms with E-state index >= 15 is 0 Å². The van der Waals surface area contributed by atoms with Gasteiger partial charge in [0.1, 0.15) is 23.2 Å². The van der Waals surface area contributed by atoms with Crippen molar-refractivity contribution in [2.45, 2.75) is 44.9 Å². The topological polar surface area (TPSA) is 62.2 Å². The highest BCUT2D eigenvalue weighted by Crippen LogP contribution is 2.43. The fourth-order valence-corrected chi connectivity index (χ4v) is 3.12. The molecule has 0 amide bonds. The van der Waals surface area contributed by atoms with Crippen LogP contribution in [0.2, 0.25) is 0 Å². The largest absolute Gasteiger partial charge is 0.494 e. The Morgan fingerprint density at radius 1 is 1.36 bits per heavy atom. The number of likely N-dealkylation sites (N-methyl/N-ethyl adjacent to an activating group) is 1. The molecule has 22 heavy (non-hydrogen) atoms. The monoisotopic (exact) mass is 309 g/mol. The summed E-state index contributed by atoms with van der Waals surface area (Å²) in [5, 5.41) is 20.0. The molecule has 0 radical (unpaired) electrons. The zero-order valence-electron chi connectivity index (χ0n) is 13.9. The van der Waals surface area contributed by atoms with Gasteiger partial charge in [-0.05, 0) is 45.5 Å². The standard InChI is InChI=1S/C17H27NO4/c1-5-10-21-12-6-7-14-13(11-12)15(20)16(17(2,3)22-14)18(4)8-9-19/h6-7,11,15-16,19-20H,5,8-10H2,1-4H3. The molecule has 5 heteroatoms. The lowest BCUT2D eigenvalue weighted by molar-refractivity contribution is -0.0773. The van der Waals surface area contributed by atoms with Crippen LogP contribution >= 0.6 is 0 Å². The van der Waals surface area contributed by atoms with E-state index < -0.39 is 11.7 Å². The van der Waals surface area contributed by atoms with Crippen molar-refractivity contribution in [3.05, 3.63) is 23.8 Å². The number of nitrogens with zero attached hydrogens (tertiary/aromatic N) is 1. The lowest BCUT2D eigenvalue weighted by atomic mass is 9.85. The Bertz CT molecular complexity index is 503. The van der Waals surface area contributed by atoms with Crippen molar-refractivity contribution in [1.29, 1.82) is 0 Å². The van der Waals surface area contributed by atoms with Crippen LogP contribution in [-0.2, 0) is 0 Å². The highest BCUT2D eigenvalue weighted by Gasteiger charge is 2.45. The average molecular weight is 309 g/mol. The second kappa shape index (κ2) is 6.86. The highest BCUT2D eigenvalue weighted by atomic mass is 16.5. The second-order valence-electron chi connectivity index (χ2n) is 6.35. The van der Waals surface area contributed by atoms with E-state index in [1.54, 1.807) is 0 Å². The third-order valence-electron chi connectivity index (χ3n) is 4.08.